The van der Waals surface area contributed by atoms with Crippen molar-refractivity contribution >= 4 is 44.7 Å². The maximum Gasteiger partial charge on any atom is 0.208 e. The molecule has 0 spiro atoms. The summed E-state index contributed by atoms with van der Waals surface area (Å²) in [6.45, 7) is 0. The summed E-state index contributed by atoms with van der Waals surface area (Å²) in [5.74, 6) is 5.37. The summed E-state index contributed by atoms with van der Waals surface area (Å²) < 4.78 is 3.26. The van der Waals surface area contributed by atoms with Crippen LogP contribution in [0.4, 0.5) is 0 Å². The average Bonchev–Trinajstić information content (AvgIpc) is 2.67. The molecule has 0 atom stereocenters. The molecular weight excluding hydrogens is 254 g/mol. The van der Waals surface area contributed by atoms with Crippen molar-refractivity contribution in [3.63, 3.8) is 0 Å². The number of thiazole rings is 1. The largest absolute Gasteiger partial charge is 0.320 e. The zero-order chi connectivity index (χ0) is 11.1. The summed E-state index contributed by atoms with van der Waals surface area (Å²) in [5, 5.41) is 6.31. The number of nitrogens with two attached hydrogens (primary N) is 1. The maximum atomic E-state index is 5.37. The fraction of sp³-hybridized carbons (Fsp3) is 0.0833. The molecule has 0 saturated heterocycles. The molecule has 3 rings (SSSR count). The van der Waals surface area contributed by atoms with E-state index >= 15 is 0 Å². The number of aryl methyl sites for hydroxylation is 1. The number of hydrogen-bond acceptors (Lipinski definition) is 3. The third-order valence-electron chi connectivity index (χ3n) is 2.81. The van der Waals surface area contributed by atoms with Gasteiger partial charge in [-0.25, -0.2) is 0 Å². The molecule has 1 heterocycles. The van der Waals surface area contributed by atoms with Crippen molar-refractivity contribution in [3.8, 4) is 0 Å². The van der Waals surface area contributed by atoms with E-state index in [0.717, 1.165) is 4.80 Å². The first-order chi connectivity index (χ1) is 7.81. The second-order valence-corrected chi connectivity index (χ2v) is 4.69. The second-order valence-electron chi connectivity index (χ2n) is 3.71. The van der Waals surface area contributed by atoms with Gasteiger partial charge in [-0.15, -0.1) is 12.4 Å². The van der Waals surface area contributed by atoms with Gasteiger partial charge < -0.3 is 10.4 Å². The summed E-state index contributed by atoms with van der Waals surface area (Å²) in [7, 11) is 1.99. The summed E-state index contributed by atoms with van der Waals surface area (Å²) in [6.07, 6.45) is 0. The normalized spacial score (nSPS) is 11.9. The SMILES string of the molecule is Cl.Cn1c(=NN)sc2c3ccccc3ccc21. The molecule has 3 nitrogen and oxygen atoms in total. The highest BCUT2D eigenvalue weighted by Gasteiger charge is 2.05. The van der Waals surface area contributed by atoms with Gasteiger partial charge >= 0.3 is 0 Å². The number of hydrogen-bond donors (Lipinski definition) is 1. The first-order valence-corrected chi connectivity index (χ1v) is 5.84. The van der Waals surface area contributed by atoms with Crippen LogP contribution in [0.2, 0.25) is 0 Å². The minimum atomic E-state index is 0. The van der Waals surface area contributed by atoms with Crippen LogP contribution in [0.15, 0.2) is 41.5 Å². The highest BCUT2D eigenvalue weighted by atomic mass is 35.5. The summed E-state index contributed by atoms with van der Waals surface area (Å²) in [6, 6.07) is 12.6. The lowest BCUT2D eigenvalue weighted by molar-refractivity contribution is 0.888. The van der Waals surface area contributed by atoms with E-state index in [2.05, 4.69) is 41.5 Å². The molecule has 0 aliphatic carbocycles. The van der Waals surface area contributed by atoms with E-state index in [4.69, 9.17) is 5.84 Å². The van der Waals surface area contributed by atoms with Crippen LogP contribution < -0.4 is 10.6 Å². The average molecular weight is 266 g/mol. The van der Waals surface area contributed by atoms with E-state index in [1.165, 1.54) is 21.0 Å². The molecule has 0 amide bonds. The number of fused-ring (bicyclic) bond motifs is 3. The Morgan fingerprint density at radius 3 is 2.71 bits per heavy atom. The Labute approximate surface area is 109 Å². The minimum Gasteiger partial charge on any atom is -0.320 e. The summed E-state index contributed by atoms with van der Waals surface area (Å²) in [4.78, 5) is 0.839. The van der Waals surface area contributed by atoms with Crippen molar-refractivity contribution in [1.82, 2.24) is 4.57 Å². The zero-order valence-corrected chi connectivity index (χ0v) is 10.9. The van der Waals surface area contributed by atoms with Gasteiger partial charge in [0.2, 0.25) is 4.80 Å². The van der Waals surface area contributed by atoms with E-state index in [1.54, 1.807) is 11.3 Å². The Morgan fingerprint density at radius 1 is 1.18 bits per heavy atom. The molecule has 2 aromatic carbocycles. The first kappa shape index (κ1) is 12.0. The van der Waals surface area contributed by atoms with Crippen molar-refractivity contribution in [2.24, 2.45) is 18.0 Å². The molecule has 88 valence electrons. The predicted molar refractivity (Wildman–Crippen MR) is 75.3 cm³/mol. The fourth-order valence-electron chi connectivity index (χ4n) is 1.98. The van der Waals surface area contributed by atoms with Crippen molar-refractivity contribution in [3.05, 3.63) is 41.2 Å². The molecule has 0 fully saturated rings. The lowest BCUT2D eigenvalue weighted by Gasteiger charge is -1.99. The van der Waals surface area contributed by atoms with Gasteiger partial charge in [-0.3, -0.25) is 0 Å². The van der Waals surface area contributed by atoms with E-state index in [9.17, 15) is 0 Å². The zero-order valence-electron chi connectivity index (χ0n) is 9.25. The molecule has 0 saturated carbocycles. The Morgan fingerprint density at radius 2 is 1.94 bits per heavy atom. The van der Waals surface area contributed by atoms with Crippen molar-refractivity contribution in [2.45, 2.75) is 0 Å². The Hall–Kier alpha value is -1.52. The molecule has 5 heteroatoms. The van der Waals surface area contributed by atoms with E-state index < -0.39 is 0 Å². The predicted octanol–water partition coefficient (Wildman–Crippen LogP) is 2.59. The standard InChI is InChI=1S/C12H11N3S.ClH/c1-15-10-7-6-8-4-2-3-5-9(8)11(10)16-12(15)14-13;/h2-7H,13H2,1H3;1H. The summed E-state index contributed by atoms with van der Waals surface area (Å²) >= 11 is 1.62. The number of aromatic nitrogens is 1. The highest BCUT2D eigenvalue weighted by Crippen LogP contribution is 2.26. The van der Waals surface area contributed by atoms with Crippen molar-refractivity contribution in [1.29, 1.82) is 0 Å². The molecule has 0 aliphatic heterocycles. The van der Waals surface area contributed by atoms with Crippen LogP contribution in [0.25, 0.3) is 21.0 Å². The van der Waals surface area contributed by atoms with Gasteiger partial charge in [0.05, 0.1) is 10.2 Å². The number of rotatable bonds is 0. The smallest absolute Gasteiger partial charge is 0.208 e. The molecule has 1 aromatic heterocycles. The van der Waals surface area contributed by atoms with Gasteiger partial charge in [-0.2, -0.15) is 5.10 Å². The molecule has 0 radical (unpaired) electrons. The molecule has 0 bridgehead atoms. The lowest BCUT2D eigenvalue weighted by atomic mass is 10.1. The molecule has 0 aliphatic rings. The van der Waals surface area contributed by atoms with Gasteiger partial charge in [0.25, 0.3) is 0 Å². The fourth-order valence-corrected chi connectivity index (χ4v) is 3.05. The maximum absolute atomic E-state index is 5.37. The first-order valence-electron chi connectivity index (χ1n) is 5.02. The number of nitrogens with zero attached hydrogens (tertiary/aromatic N) is 2. The molecule has 3 aromatic rings. The van der Waals surface area contributed by atoms with Crippen LogP contribution in [0.3, 0.4) is 0 Å². The quantitative estimate of drug-likeness (QED) is 0.493. The van der Waals surface area contributed by atoms with Gasteiger partial charge in [0.1, 0.15) is 0 Å². The van der Waals surface area contributed by atoms with Crippen LogP contribution >= 0.6 is 23.7 Å². The van der Waals surface area contributed by atoms with Crippen LogP contribution in [0.1, 0.15) is 0 Å². The van der Waals surface area contributed by atoms with E-state index in [-0.39, 0.29) is 12.4 Å². The van der Waals surface area contributed by atoms with Crippen LogP contribution in [0.5, 0.6) is 0 Å². The molecule has 17 heavy (non-hydrogen) atoms. The van der Waals surface area contributed by atoms with Crippen LogP contribution in [-0.2, 0) is 7.05 Å². The topological polar surface area (TPSA) is 43.3 Å². The Bertz CT molecular complexity index is 742. The molecular formula is C12H12ClN3S. The molecule has 0 unspecified atom stereocenters. The van der Waals surface area contributed by atoms with Gasteiger partial charge in [-0.1, -0.05) is 41.7 Å². The number of benzene rings is 2. The lowest BCUT2D eigenvalue weighted by Crippen LogP contribution is -2.12. The van der Waals surface area contributed by atoms with E-state index in [1.807, 2.05) is 11.6 Å². The highest BCUT2D eigenvalue weighted by molar-refractivity contribution is 7.17. The minimum absolute atomic E-state index is 0. The number of halogens is 1. The second kappa shape index (κ2) is 4.39. The Kier molecular flexibility index (Phi) is 3.09. The van der Waals surface area contributed by atoms with Crippen LogP contribution in [0, 0.1) is 0 Å². The van der Waals surface area contributed by atoms with Crippen LogP contribution in [-0.4, -0.2) is 4.57 Å². The van der Waals surface area contributed by atoms with Crippen molar-refractivity contribution in [2.75, 3.05) is 0 Å². The van der Waals surface area contributed by atoms with E-state index in [0.29, 0.717) is 0 Å². The van der Waals surface area contributed by atoms with Gasteiger partial charge in [-0.05, 0) is 11.5 Å². The third kappa shape index (κ3) is 1.69. The summed E-state index contributed by atoms with van der Waals surface area (Å²) in [5.41, 5.74) is 1.17. The van der Waals surface area contributed by atoms with Gasteiger partial charge in [0.15, 0.2) is 0 Å². The third-order valence-corrected chi connectivity index (χ3v) is 4.01. The van der Waals surface area contributed by atoms with Crippen molar-refractivity contribution < 1.29 is 0 Å². The monoisotopic (exact) mass is 265 g/mol. The Balaban J connectivity index is 0.00000108. The van der Waals surface area contributed by atoms with Gasteiger partial charge in [0, 0.05) is 12.4 Å². The molecule has 2 N–H and O–H groups in total.